The van der Waals surface area contributed by atoms with Gasteiger partial charge in [-0.1, -0.05) is 42.1 Å². The van der Waals surface area contributed by atoms with Gasteiger partial charge >= 0.3 is 0 Å². The molecule has 2 nitrogen and oxygen atoms in total. The number of benzene rings is 1. The SMILES string of the molecule is OCC(NC1CCCC1)c1ccc(Cl)c(Cl)c1. The van der Waals surface area contributed by atoms with E-state index in [0.29, 0.717) is 16.1 Å². The predicted octanol–water partition coefficient (Wildman–Crippen LogP) is 3.56. The number of hydrogen-bond acceptors (Lipinski definition) is 2. The van der Waals surface area contributed by atoms with Crippen LogP contribution in [0.1, 0.15) is 37.3 Å². The predicted molar refractivity (Wildman–Crippen MR) is 71.7 cm³/mol. The number of halogens is 2. The van der Waals surface area contributed by atoms with Crippen LogP contribution in [0.4, 0.5) is 0 Å². The summed E-state index contributed by atoms with van der Waals surface area (Å²) in [5.41, 5.74) is 0.994. The highest BCUT2D eigenvalue weighted by Crippen LogP contribution is 2.27. The Bertz CT molecular complexity index is 378. The Kier molecular flexibility index (Phi) is 4.69. The second-order valence-electron chi connectivity index (χ2n) is 4.56. The first kappa shape index (κ1) is 13.2. The third-order valence-corrected chi connectivity index (χ3v) is 4.06. The average Bonchev–Trinajstić information content (AvgIpc) is 2.82. The maximum Gasteiger partial charge on any atom is 0.0626 e. The fourth-order valence-electron chi connectivity index (χ4n) is 2.36. The largest absolute Gasteiger partial charge is 0.394 e. The minimum atomic E-state index is -0.0483. The number of hydrogen-bond donors (Lipinski definition) is 2. The minimum absolute atomic E-state index is 0.0483. The maximum absolute atomic E-state index is 9.46. The Hall–Kier alpha value is -0.280. The Labute approximate surface area is 112 Å². The molecule has 0 aliphatic heterocycles. The molecule has 1 atom stereocenters. The van der Waals surface area contributed by atoms with Gasteiger partial charge in [-0.3, -0.25) is 0 Å². The highest BCUT2D eigenvalue weighted by molar-refractivity contribution is 6.42. The molecule has 1 fully saturated rings. The summed E-state index contributed by atoms with van der Waals surface area (Å²) in [6.07, 6.45) is 4.93. The van der Waals surface area contributed by atoms with Crippen molar-refractivity contribution in [3.05, 3.63) is 33.8 Å². The fourth-order valence-corrected chi connectivity index (χ4v) is 2.67. The molecule has 1 aliphatic carbocycles. The van der Waals surface area contributed by atoms with Crippen molar-refractivity contribution in [2.75, 3.05) is 6.61 Å². The van der Waals surface area contributed by atoms with Gasteiger partial charge in [-0.05, 0) is 30.5 Å². The number of aliphatic hydroxyl groups excluding tert-OH is 1. The molecule has 0 saturated heterocycles. The summed E-state index contributed by atoms with van der Waals surface area (Å²) in [5.74, 6) is 0. The summed E-state index contributed by atoms with van der Waals surface area (Å²) in [5, 5.41) is 14.0. The highest BCUT2D eigenvalue weighted by Gasteiger charge is 2.20. The van der Waals surface area contributed by atoms with Gasteiger partial charge < -0.3 is 10.4 Å². The molecule has 0 aromatic heterocycles. The maximum atomic E-state index is 9.46. The summed E-state index contributed by atoms with van der Waals surface area (Å²) >= 11 is 11.9. The van der Waals surface area contributed by atoms with Crippen LogP contribution < -0.4 is 5.32 Å². The lowest BCUT2D eigenvalue weighted by Crippen LogP contribution is -2.32. The Balaban J connectivity index is 2.08. The molecule has 1 aromatic rings. The zero-order valence-electron chi connectivity index (χ0n) is 9.63. The summed E-state index contributed by atoms with van der Waals surface area (Å²) in [7, 11) is 0. The van der Waals surface area contributed by atoms with Crippen molar-refractivity contribution in [3.8, 4) is 0 Å². The van der Waals surface area contributed by atoms with E-state index in [0.717, 1.165) is 5.56 Å². The van der Waals surface area contributed by atoms with Crippen LogP contribution in [-0.2, 0) is 0 Å². The summed E-state index contributed by atoms with van der Waals surface area (Å²) in [4.78, 5) is 0. The number of aliphatic hydroxyl groups is 1. The Morgan fingerprint density at radius 3 is 2.53 bits per heavy atom. The van der Waals surface area contributed by atoms with E-state index in [2.05, 4.69) is 5.32 Å². The van der Waals surface area contributed by atoms with Gasteiger partial charge in [0.05, 0.1) is 22.7 Å². The molecule has 1 aromatic carbocycles. The zero-order chi connectivity index (χ0) is 12.3. The van der Waals surface area contributed by atoms with E-state index in [1.165, 1.54) is 25.7 Å². The fraction of sp³-hybridized carbons (Fsp3) is 0.538. The van der Waals surface area contributed by atoms with E-state index in [-0.39, 0.29) is 12.6 Å². The number of rotatable bonds is 4. The smallest absolute Gasteiger partial charge is 0.0626 e. The normalized spacial score (nSPS) is 18.5. The molecule has 0 amide bonds. The van der Waals surface area contributed by atoms with E-state index in [9.17, 15) is 5.11 Å². The van der Waals surface area contributed by atoms with Crippen LogP contribution in [0.15, 0.2) is 18.2 Å². The topological polar surface area (TPSA) is 32.3 Å². The Morgan fingerprint density at radius 2 is 1.94 bits per heavy atom. The van der Waals surface area contributed by atoms with Gasteiger partial charge in [-0.2, -0.15) is 0 Å². The third-order valence-electron chi connectivity index (χ3n) is 3.32. The first-order chi connectivity index (χ1) is 8.20. The Morgan fingerprint density at radius 1 is 1.24 bits per heavy atom. The molecular formula is C13H17Cl2NO. The van der Waals surface area contributed by atoms with Crippen molar-refractivity contribution in [3.63, 3.8) is 0 Å². The lowest BCUT2D eigenvalue weighted by molar-refractivity contribution is 0.233. The van der Waals surface area contributed by atoms with E-state index in [1.54, 1.807) is 6.07 Å². The van der Waals surface area contributed by atoms with Gasteiger partial charge in [0.1, 0.15) is 0 Å². The summed E-state index contributed by atoms with van der Waals surface area (Å²) < 4.78 is 0. The molecule has 0 heterocycles. The van der Waals surface area contributed by atoms with Crippen LogP contribution in [-0.4, -0.2) is 17.8 Å². The molecule has 1 aliphatic rings. The van der Waals surface area contributed by atoms with Crippen LogP contribution in [0.2, 0.25) is 10.0 Å². The molecule has 0 spiro atoms. The van der Waals surface area contributed by atoms with Crippen LogP contribution in [0.3, 0.4) is 0 Å². The lowest BCUT2D eigenvalue weighted by Gasteiger charge is -2.21. The van der Waals surface area contributed by atoms with Crippen LogP contribution in [0.5, 0.6) is 0 Å². The van der Waals surface area contributed by atoms with Crippen molar-refractivity contribution < 1.29 is 5.11 Å². The van der Waals surface area contributed by atoms with Gasteiger partial charge in [0.25, 0.3) is 0 Å². The van der Waals surface area contributed by atoms with Gasteiger partial charge in [0.15, 0.2) is 0 Å². The van der Waals surface area contributed by atoms with Gasteiger partial charge in [0.2, 0.25) is 0 Å². The molecule has 2 rings (SSSR count). The monoisotopic (exact) mass is 273 g/mol. The van der Waals surface area contributed by atoms with Crippen molar-refractivity contribution in [2.24, 2.45) is 0 Å². The van der Waals surface area contributed by atoms with Crippen LogP contribution >= 0.6 is 23.2 Å². The molecule has 2 N–H and O–H groups in total. The molecule has 94 valence electrons. The zero-order valence-corrected chi connectivity index (χ0v) is 11.1. The van der Waals surface area contributed by atoms with Crippen LogP contribution in [0.25, 0.3) is 0 Å². The second kappa shape index (κ2) is 6.05. The highest BCUT2D eigenvalue weighted by atomic mass is 35.5. The molecular weight excluding hydrogens is 257 g/mol. The number of nitrogens with one attached hydrogen (secondary N) is 1. The molecule has 1 saturated carbocycles. The minimum Gasteiger partial charge on any atom is -0.394 e. The summed E-state index contributed by atoms with van der Waals surface area (Å²) in [6.45, 7) is 0.0778. The molecule has 17 heavy (non-hydrogen) atoms. The first-order valence-corrected chi connectivity index (χ1v) is 6.78. The quantitative estimate of drug-likeness (QED) is 0.879. The van der Waals surface area contributed by atoms with Gasteiger partial charge in [-0.25, -0.2) is 0 Å². The van der Waals surface area contributed by atoms with E-state index in [4.69, 9.17) is 23.2 Å². The van der Waals surface area contributed by atoms with Crippen molar-refractivity contribution in [1.29, 1.82) is 0 Å². The first-order valence-electron chi connectivity index (χ1n) is 6.02. The van der Waals surface area contributed by atoms with Gasteiger partial charge in [-0.15, -0.1) is 0 Å². The van der Waals surface area contributed by atoms with Crippen LogP contribution in [0, 0.1) is 0 Å². The second-order valence-corrected chi connectivity index (χ2v) is 5.37. The van der Waals surface area contributed by atoms with E-state index >= 15 is 0 Å². The lowest BCUT2D eigenvalue weighted by atomic mass is 10.1. The van der Waals surface area contributed by atoms with Crippen molar-refractivity contribution in [2.45, 2.75) is 37.8 Å². The van der Waals surface area contributed by atoms with Crippen molar-refractivity contribution in [1.82, 2.24) is 5.32 Å². The van der Waals surface area contributed by atoms with E-state index in [1.807, 2.05) is 12.1 Å². The third kappa shape index (κ3) is 3.35. The average molecular weight is 274 g/mol. The van der Waals surface area contributed by atoms with E-state index < -0.39 is 0 Å². The summed E-state index contributed by atoms with van der Waals surface area (Å²) in [6, 6.07) is 5.98. The molecule has 1 unspecified atom stereocenters. The molecule has 0 bridgehead atoms. The molecule has 0 radical (unpaired) electrons. The van der Waals surface area contributed by atoms with Gasteiger partial charge in [0, 0.05) is 6.04 Å². The molecule has 4 heteroatoms. The van der Waals surface area contributed by atoms with Crippen molar-refractivity contribution >= 4 is 23.2 Å². The standard InChI is InChI=1S/C13H17Cl2NO/c14-11-6-5-9(7-12(11)15)13(8-17)16-10-3-1-2-4-10/h5-7,10,13,16-17H,1-4,8H2.